The summed E-state index contributed by atoms with van der Waals surface area (Å²) in [6.07, 6.45) is 27.1. The van der Waals surface area contributed by atoms with E-state index < -0.39 is 18.1 Å². The number of carboxylic acids is 1. The maximum atomic E-state index is 14.3. The summed E-state index contributed by atoms with van der Waals surface area (Å²) in [5.41, 5.74) is 12.0. The number of carboxylic acid groups (broad SMARTS) is 1. The van der Waals surface area contributed by atoms with Crippen LogP contribution in [-0.2, 0) is 54.7 Å². The zero-order chi connectivity index (χ0) is 57.0. The fraction of sp³-hybridized carbons (Fsp3) is 0.463. The van der Waals surface area contributed by atoms with Gasteiger partial charge in [0.15, 0.2) is 0 Å². The molecule has 0 atom stereocenters. The number of thiazole rings is 1. The molecule has 1 amide bonds. The lowest BCUT2D eigenvalue weighted by Crippen LogP contribution is -2.35. The highest BCUT2D eigenvalue weighted by Crippen LogP contribution is 2.51. The van der Waals surface area contributed by atoms with Gasteiger partial charge in [-0.3, -0.25) is 23.9 Å². The molecule has 2 aromatic carbocycles. The second kappa shape index (κ2) is 29.4. The number of hydrogen-bond acceptors (Lipinski definition) is 11. The van der Waals surface area contributed by atoms with Crippen molar-refractivity contribution in [3.8, 4) is 39.7 Å². The first kappa shape index (κ1) is 61.2. The first-order chi connectivity index (χ1) is 39.5. The largest absolute Gasteiger partial charge is 0.480 e. The Balaban J connectivity index is 1.15. The molecule has 430 valence electrons. The van der Waals surface area contributed by atoms with Crippen molar-refractivity contribution in [2.24, 2.45) is 0 Å². The molecule has 0 unspecified atom stereocenters. The van der Waals surface area contributed by atoms with Crippen molar-refractivity contribution in [3.63, 3.8) is 0 Å². The molecule has 7 heterocycles. The van der Waals surface area contributed by atoms with Crippen molar-refractivity contribution in [2.75, 3.05) is 18.0 Å². The van der Waals surface area contributed by atoms with E-state index in [-0.39, 0.29) is 5.91 Å². The predicted octanol–water partition coefficient (Wildman–Crippen LogP) is 18.5. The molecule has 0 spiro atoms. The zero-order valence-electron chi connectivity index (χ0n) is 48.5. The molecule has 7 nitrogen and oxygen atoms in total. The third kappa shape index (κ3) is 14.4. The van der Waals surface area contributed by atoms with Gasteiger partial charge in [0.25, 0.3) is 11.5 Å². The quantitative estimate of drug-likeness (QED) is 0.0369. The van der Waals surface area contributed by atoms with Crippen LogP contribution in [0.4, 0.5) is 11.4 Å². The van der Waals surface area contributed by atoms with E-state index in [0.29, 0.717) is 25.0 Å². The van der Waals surface area contributed by atoms with E-state index in [4.69, 9.17) is 12.2 Å². The predicted molar refractivity (Wildman–Crippen MR) is 358 cm³/mol. The molecule has 9 rings (SSSR count). The van der Waals surface area contributed by atoms with E-state index in [1.165, 1.54) is 182 Å². The molecule has 0 aliphatic carbocycles. The highest BCUT2D eigenvalue weighted by molar-refractivity contribution is 8.30. The number of benzene rings is 2. The average molecular weight is 1220 g/mol. The van der Waals surface area contributed by atoms with Crippen molar-refractivity contribution < 1.29 is 14.7 Å². The maximum Gasteiger partial charge on any atom is 0.323 e. The molecule has 2 aliphatic rings. The van der Waals surface area contributed by atoms with Crippen LogP contribution < -0.4 is 19.7 Å². The summed E-state index contributed by atoms with van der Waals surface area (Å²) in [5.74, 6) is -1.42. The van der Waals surface area contributed by atoms with Gasteiger partial charge in [-0.1, -0.05) is 153 Å². The van der Waals surface area contributed by atoms with Gasteiger partial charge < -0.3 is 10.0 Å². The first-order valence-corrected chi connectivity index (χ1v) is 35.5. The zero-order valence-corrected chi connectivity index (χ0v) is 54.2. The van der Waals surface area contributed by atoms with Gasteiger partial charge in [-0.15, -0.1) is 56.7 Å². The second-order valence-corrected chi connectivity index (χ2v) is 28.7. The molecule has 81 heavy (non-hydrogen) atoms. The van der Waals surface area contributed by atoms with Gasteiger partial charge in [-0.2, -0.15) is 0 Å². The summed E-state index contributed by atoms with van der Waals surface area (Å²) in [5, 5.41) is 10.0. The molecule has 0 radical (unpaired) electrons. The lowest BCUT2D eigenvalue weighted by molar-refractivity contribution is -0.137. The van der Waals surface area contributed by atoms with Crippen molar-refractivity contribution >= 4 is 119 Å². The van der Waals surface area contributed by atoms with Gasteiger partial charge >= 0.3 is 5.97 Å². The number of carbonyl (C=O) groups is 2. The van der Waals surface area contributed by atoms with E-state index in [0.717, 1.165) is 87.4 Å². The molecule has 14 heteroatoms. The van der Waals surface area contributed by atoms with E-state index in [2.05, 4.69) is 106 Å². The Kier molecular flexibility index (Phi) is 22.2. The highest BCUT2D eigenvalue weighted by Gasteiger charge is 2.33. The minimum Gasteiger partial charge on any atom is -0.480 e. The number of thiophene rings is 4. The van der Waals surface area contributed by atoms with E-state index in [9.17, 15) is 19.5 Å². The molecule has 0 saturated carbocycles. The Hall–Kier alpha value is -4.41. The topological polar surface area (TPSA) is 82.8 Å². The summed E-state index contributed by atoms with van der Waals surface area (Å²) in [6.45, 7) is 14.1. The van der Waals surface area contributed by atoms with Crippen LogP contribution in [0.5, 0.6) is 0 Å². The number of aliphatic carboxylic acids is 1. The van der Waals surface area contributed by atoms with Gasteiger partial charge in [-0.25, -0.2) is 0 Å². The van der Waals surface area contributed by atoms with Gasteiger partial charge in [0.05, 0.1) is 4.53 Å². The average Bonchev–Trinajstić information content (AvgIpc) is 4.45. The van der Waals surface area contributed by atoms with Crippen LogP contribution in [-0.4, -0.2) is 43.9 Å². The molecule has 0 bridgehead atoms. The van der Waals surface area contributed by atoms with Gasteiger partial charge in [0.2, 0.25) is 0 Å². The number of carbonyl (C=O) groups excluding carboxylic acids is 1. The number of thiocarbonyl (C=S) groups is 1. The van der Waals surface area contributed by atoms with Gasteiger partial charge in [0, 0.05) is 63.5 Å². The molecule has 2 aliphatic heterocycles. The molecule has 1 saturated heterocycles. The third-order valence-corrected chi connectivity index (χ3v) is 23.8. The normalized spacial score (nSPS) is 14.4. The number of thioether (sulfide) groups is 1. The first-order valence-electron chi connectivity index (χ1n) is 30.2. The Morgan fingerprint density at radius 2 is 1.05 bits per heavy atom. The Morgan fingerprint density at radius 1 is 0.556 bits per heavy atom. The van der Waals surface area contributed by atoms with Gasteiger partial charge in [0.1, 0.15) is 20.4 Å². The highest BCUT2D eigenvalue weighted by atomic mass is 32.2. The number of unbranched alkanes of at least 4 members (excludes halogenated alkanes) is 12. The van der Waals surface area contributed by atoms with Crippen LogP contribution in [0.2, 0.25) is 0 Å². The number of amides is 1. The number of anilines is 2. The van der Waals surface area contributed by atoms with Crippen molar-refractivity contribution in [2.45, 2.75) is 189 Å². The monoisotopic (exact) mass is 1220 g/mol. The maximum absolute atomic E-state index is 14.3. The van der Waals surface area contributed by atoms with Crippen LogP contribution in [0.15, 0.2) is 71.5 Å². The van der Waals surface area contributed by atoms with E-state index in [1.807, 2.05) is 47.0 Å². The molecular weight excluding hydrogens is 1140 g/mol. The van der Waals surface area contributed by atoms with Crippen LogP contribution in [0, 0.1) is 0 Å². The lowest BCUT2D eigenvalue weighted by Gasteiger charge is -2.25. The Labute approximate surface area is 510 Å². The fourth-order valence-electron chi connectivity index (χ4n) is 11.5. The van der Waals surface area contributed by atoms with Crippen molar-refractivity contribution in [3.05, 3.63) is 125 Å². The number of rotatable bonds is 29. The summed E-state index contributed by atoms with van der Waals surface area (Å²) >= 11 is 15.6. The van der Waals surface area contributed by atoms with Gasteiger partial charge in [-0.05, 0) is 166 Å². The number of aromatic nitrogens is 1. The molecular formula is C67H81N3O4S7. The van der Waals surface area contributed by atoms with E-state index in [1.54, 1.807) is 11.3 Å². The Morgan fingerprint density at radius 3 is 1.59 bits per heavy atom. The standard InChI is InChI=1S/C67H81N3O4S7/c1-7-13-17-21-28-46-38-55(76-54(46)42-58-64(73)70(43-59(71)72)66(80-58)63-65(74)69(12-6)67(75)81-63)60-49(30-23-19-15-9-3)40-57(78-60)62-50(31-24-20-16-10-4)41-56(79-62)61-48(29-22-18-14-8-2)39-53(77-61)47-35-36-52-45(37-47)34-33-44-27-25-26-32-51(44)68(52)11-5/h25-27,32,35-42H,7-24,28-31,33-34,43H2,1-6H3,(H,71,72). The summed E-state index contributed by atoms with van der Waals surface area (Å²) in [7, 11) is 0. The molecule has 1 N–H and O–H groups in total. The van der Waals surface area contributed by atoms with Crippen molar-refractivity contribution in [1.29, 1.82) is 0 Å². The minimum absolute atomic E-state index is 0.282. The van der Waals surface area contributed by atoms with Crippen LogP contribution >= 0.6 is 80.7 Å². The number of aryl methyl sites for hydroxylation is 6. The number of nitrogens with zero attached hydrogens (tertiary/aromatic N) is 3. The Bertz CT molecular complexity index is 3510. The molecule has 1 fully saturated rings. The summed E-state index contributed by atoms with van der Waals surface area (Å²) in [6, 6.07) is 26.3. The van der Waals surface area contributed by atoms with Crippen LogP contribution in [0.1, 0.15) is 183 Å². The molecule has 7 aromatic rings. The van der Waals surface area contributed by atoms with Crippen LogP contribution in [0.3, 0.4) is 0 Å². The third-order valence-electron chi connectivity index (χ3n) is 15.9. The van der Waals surface area contributed by atoms with Crippen LogP contribution in [0.25, 0.3) is 50.7 Å². The van der Waals surface area contributed by atoms with Crippen molar-refractivity contribution in [1.82, 2.24) is 9.47 Å². The molecule has 5 aromatic heterocycles. The number of fused-ring (bicyclic) bond motifs is 2. The summed E-state index contributed by atoms with van der Waals surface area (Å²) < 4.78 is 2.46. The summed E-state index contributed by atoms with van der Waals surface area (Å²) in [4.78, 5) is 55.1. The second-order valence-electron chi connectivity index (χ2n) is 21.8. The smallest absolute Gasteiger partial charge is 0.323 e. The SMILES string of the molecule is CCCCCCc1cc(-c2sc(-c3sc(-c4sc(-c5ccc6c(c5)CCc5ccccc5N6CC)cc4CCCCCC)cc3CCCCCC)cc2CCCCCC)sc1C=c1sc(=C2SC(=S)N(CC)C2=O)n(CC(=O)O)c1=O. The lowest BCUT2D eigenvalue weighted by atomic mass is 10.0. The number of hydrogen-bond donors (Lipinski definition) is 1. The van der Waals surface area contributed by atoms with E-state index >= 15 is 0 Å². The fourth-order valence-corrected chi connectivity index (χ4v) is 19.4. The minimum atomic E-state index is -1.13. The number of para-hydroxylation sites is 1.